The van der Waals surface area contributed by atoms with Crippen LogP contribution in [0.5, 0.6) is 0 Å². The Labute approximate surface area is 164 Å². The normalized spacial score (nSPS) is 13.3. The van der Waals surface area contributed by atoms with Gasteiger partial charge in [0.1, 0.15) is 11.7 Å². The molecule has 0 aliphatic carbocycles. The number of hydrogen-bond acceptors (Lipinski definition) is 5. The second kappa shape index (κ2) is 6.52. The highest BCUT2D eigenvalue weighted by Crippen LogP contribution is 2.22. The molecule has 0 fully saturated rings. The number of para-hydroxylation sites is 1. The summed E-state index contributed by atoms with van der Waals surface area (Å²) in [5.41, 5.74) is 1.77. The Kier molecular flexibility index (Phi) is 3.83. The van der Waals surface area contributed by atoms with E-state index in [2.05, 4.69) is 10.1 Å². The van der Waals surface area contributed by atoms with Crippen molar-refractivity contribution in [2.45, 2.75) is 6.54 Å². The first-order valence-corrected chi connectivity index (χ1v) is 9.09. The second-order valence-electron chi connectivity index (χ2n) is 6.68. The standard InChI is InChI=1S/C21H15N5O3/c27-19-17-12-23-26(14-6-2-1-3-7-14)18(17)22-13-24(19)10-11-25-20(28)15-8-4-5-9-16(15)21(25)29/h1-9,12-13H,10-11H2. The Bertz CT molecular complexity index is 1290. The zero-order valence-electron chi connectivity index (χ0n) is 15.2. The largest absolute Gasteiger partial charge is 0.297 e. The molecule has 2 aromatic carbocycles. The first-order chi connectivity index (χ1) is 14.1. The SMILES string of the molecule is O=C1c2ccccc2C(=O)N1CCn1cnc2c(cnn2-c2ccccc2)c1=O. The summed E-state index contributed by atoms with van der Waals surface area (Å²) in [6, 6.07) is 16.1. The molecule has 8 heteroatoms. The quantitative estimate of drug-likeness (QED) is 0.501. The molecule has 0 radical (unpaired) electrons. The molecule has 1 aliphatic rings. The summed E-state index contributed by atoms with van der Waals surface area (Å²) in [7, 11) is 0. The van der Waals surface area contributed by atoms with Crippen molar-refractivity contribution in [2.75, 3.05) is 6.54 Å². The van der Waals surface area contributed by atoms with Gasteiger partial charge in [-0.25, -0.2) is 9.67 Å². The van der Waals surface area contributed by atoms with Gasteiger partial charge in [0.15, 0.2) is 5.65 Å². The predicted octanol–water partition coefficient (Wildman–Crippen LogP) is 1.88. The maximum Gasteiger partial charge on any atom is 0.264 e. The van der Waals surface area contributed by atoms with E-state index < -0.39 is 0 Å². The van der Waals surface area contributed by atoms with Gasteiger partial charge < -0.3 is 0 Å². The highest BCUT2D eigenvalue weighted by atomic mass is 16.2. The lowest BCUT2D eigenvalue weighted by Crippen LogP contribution is -2.35. The van der Waals surface area contributed by atoms with Crippen molar-refractivity contribution in [3.63, 3.8) is 0 Å². The van der Waals surface area contributed by atoms with E-state index in [4.69, 9.17) is 0 Å². The molecule has 3 heterocycles. The third kappa shape index (κ3) is 2.65. The Morgan fingerprint density at radius 3 is 2.14 bits per heavy atom. The minimum absolute atomic E-state index is 0.0895. The minimum Gasteiger partial charge on any atom is -0.297 e. The van der Waals surface area contributed by atoms with Crippen LogP contribution in [0.25, 0.3) is 16.7 Å². The fraction of sp³-hybridized carbons (Fsp3) is 0.0952. The zero-order valence-corrected chi connectivity index (χ0v) is 15.2. The summed E-state index contributed by atoms with van der Waals surface area (Å²) in [6.45, 7) is 0.246. The maximum atomic E-state index is 12.8. The van der Waals surface area contributed by atoms with E-state index in [1.165, 1.54) is 17.1 Å². The predicted molar refractivity (Wildman–Crippen MR) is 105 cm³/mol. The molecule has 0 unspecified atom stereocenters. The van der Waals surface area contributed by atoms with Gasteiger partial charge in [0.05, 0.1) is 23.0 Å². The van der Waals surface area contributed by atoms with Crippen LogP contribution in [0.4, 0.5) is 0 Å². The van der Waals surface area contributed by atoms with Crippen molar-refractivity contribution in [3.05, 3.63) is 88.6 Å². The second-order valence-corrected chi connectivity index (χ2v) is 6.68. The minimum atomic E-state index is -0.343. The molecule has 4 aromatic rings. The van der Waals surface area contributed by atoms with Gasteiger partial charge >= 0.3 is 0 Å². The number of fused-ring (bicyclic) bond motifs is 2. The molecule has 29 heavy (non-hydrogen) atoms. The Morgan fingerprint density at radius 1 is 0.793 bits per heavy atom. The number of imide groups is 1. The summed E-state index contributed by atoms with van der Waals surface area (Å²) in [5, 5.41) is 4.65. The average molecular weight is 385 g/mol. The lowest BCUT2D eigenvalue weighted by atomic mass is 10.1. The van der Waals surface area contributed by atoms with Crippen molar-refractivity contribution in [3.8, 4) is 5.69 Å². The Hall–Kier alpha value is -4.07. The topological polar surface area (TPSA) is 90.1 Å². The molecular weight excluding hydrogens is 370 g/mol. The maximum absolute atomic E-state index is 12.8. The van der Waals surface area contributed by atoms with Crippen molar-refractivity contribution in [1.82, 2.24) is 24.2 Å². The number of rotatable bonds is 4. The molecule has 0 atom stereocenters. The Balaban J connectivity index is 1.43. The first-order valence-electron chi connectivity index (χ1n) is 9.09. The molecule has 1 aliphatic heterocycles. The molecule has 0 spiro atoms. The monoisotopic (exact) mass is 385 g/mol. The fourth-order valence-corrected chi connectivity index (χ4v) is 3.52. The smallest absolute Gasteiger partial charge is 0.264 e. The summed E-state index contributed by atoms with van der Waals surface area (Å²) >= 11 is 0. The van der Waals surface area contributed by atoms with E-state index in [1.807, 2.05) is 30.3 Å². The molecule has 0 bridgehead atoms. The van der Waals surface area contributed by atoms with Gasteiger partial charge in [-0.3, -0.25) is 23.9 Å². The van der Waals surface area contributed by atoms with Crippen molar-refractivity contribution in [1.29, 1.82) is 0 Å². The van der Waals surface area contributed by atoms with Crippen LogP contribution in [0.2, 0.25) is 0 Å². The molecule has 8 nitrogen and oxygen atoms in total. The lowest BCUT2D eigenvalue weighted by Gasteiger charge is -2.14. The van der Waals surface area contributed by atoms with Crippen molar-refractivity contribution >= 4 is 22.8 Å². The molecular formula is C21H15N5O3. The number of hydrogen-bond donors (Lipinski definition) is 0. The average Bonchev–Trinajstić information content (AvgIpc) is 3.29. The van der Waals surface area contributed by atoms with Crippen LogP contribution in [0.3, 0.4) is 0 Å². The van der Waals surface area contributed by atoms with Gasteiger partial charge in [0.25, 0.3) is 17.4 Å². The van der Waals surface area contributed by atoms with E-state index in [9.17, 15) is 14.4 Å². The van der Waals surface area contributed by atoms with Gasteiger partial charge in [0, 0.05) is 13.1 Å². The summed E-state index contributed by atoms with van der Waals surface area (Å²) in [6.07, 6.45) is 2.90. The van der Waals surface area contributed by atoms with E-state index in [0.29, 0.717) is 22.2 Å². The van der Waals surface area contributed by atoms with E-state index in [-0.39, 0.29) is 30.5 Å². The highest BCUT2D eigenvalue weighted by molar-refractivity contribution is 6.21. The van der Waals surface area contributed by atoms with Crippen LogP contribution in [0, 0.1) is 0 Å². The number of aromatic nitrogens is 4. The Morgan fingerprint density at radius 2 is 1.45 bits per heavy atom. The molecule has 0 saturated carbocycles. The number of benzene rings is 2. The number of carbonyl (C=O) groups is 2. The number of amides is 2. The third-order valence-corrected chi connectivity index (χ3v) is 5.00. The van der Waals surface area contributed by atoms with E-state index in [0.717, 1.165) is 10.6 Å². The number of nitrogens with zero attached hydrogens (tertiary/aromatic N) is 5. The van der Waals surface area contributed by atoms with Gasteiger partial charge in [-0.1, -0.05) is 30.3 Å². The van der Waals surface area contributed by atoms with Crippen LogP contribution in [-0.4, -0.2) is 42.6 Å². The number of carbonyl (C=O) groups excluding carboxylic acids is 2. The van der Waals surface area contributed by atoms with Crippen molar-refractivity contribution in [2.24, 2.45) is 0 Å². The molecule has 5 rings (SSSR count). The fourth-order valence-electron chi connectivity index (χ4n) is 3.52. The van der Waals surface area contributed by atoms with Gasteiger partial charge in [-0.05, 0) is 24.3 Å². The third-order valence-electron chi connectivity index (χ3n) is 5.00. The van der Waals surface area contributed by atoms with Crippen LogP contribution in [-0.2, 0) is 6.54 Å². The van der Waals surface area contributed by atoms with Gasteiger partial charge in [0.2, 0.25) is 0 Å². The molecule has 0 saturated heterocycles. The highest BCUT2D eigenvalue weighted by Gasteiger charge is 2.34. The summed E-state index contributed by atoms with van der Waals surface area (Å²) in [4.78, 5) is 43.3. The van der Waals surface area contributed by atoms with Crippen LogP contribution in [0.1, 0.15) is 20.7 Å². The van der Waals surface area contributed by atoms with Crippen LogP contribution < -0.4 is 5.56 Å². The first kappa shape index (κ1) is 17.1. The summed E-state index contributed by atoms with van der Waals surface area (Å²) < 4.78 is 2.99. The van der Waals surface area contributed by atoms with Crippen molar-refractivity contribution < 1.29 is 9.59 Å². The van der Waals surface area contributed by atoms with E-state index in [1.54, 1.807) is 28.9 Å². The van der Waals surface area contributed by atoms with Gasteiger partial charge in [-0.2, -0.15) is 5.10 Å². The molecule has 2 amide bonds. The zero-order chi connectivity index (χ0) is 20.0. The summed E-state index contributed by atoms with van der Waals surface area (Å²) in [5.74, 6) is -0.686. The van der Waals surface area contributed by atoms with Crippen LogP contribution >= 0.6 is 0 Å². The van der Waals surface area contributed by atoms with Gasteiger partial charge in [-0.15, -0.1) is 0 Å². The molecule has 0 N–H and O–H groups in total. The molecule has 142 valence electrons. The van der Waals surface area contributed by atoms with Crippen LogP contribution in [0.15, 0.2) is 71.9 Å². The van der Waals surface area contributed by atoms with E-state index >= 15 is 0 Å². The lowest BCUT2D eigenvalue weighted by molar-refractivity contribution is 0.0648. The molecule has 2 aromatic heterocycles.